The van der Waals surface area contributed by atoms with Crippen LogP contribution in [0.15, 0.2) is 170 Å². The molecule has 2 aliphatic carbocycles. The summed E-state index contributed by atoms with van der Waals surface area (Å²) in [6.07, 6.45) is 3.85. The molecule has 3 aromatic heterocycles. The van der Waals surface area contributed by atoms with Crippen molar-refractivity contribution in [3.63, 3.8) is 0 Å². The van der Waals surface area contributed by atoms with Gasteiger partial charge in [0.15, 0.2) is 0 Å². The van der Waals surface area contributed by atoms with Crippen molar-refractivity contribution < 1.29 is 0 Å². The Labute approximate surface area is 304 Å². The molecule has 240 valence electrons. The molecule has 0 amide bonds. The number of rotatable bonds is 2. The second-order valence-corrected chi connectivity index (χ2v) is 15.0. The molecule has 0 radical (unpaired) electrons. The van der Waals surface area contributed by atoms with Crippen molar-refractivity contribution >= 4 is 53.9 Å². The maximum Gasteiger partial charge on any atom is 0.0780 e. The van der Waals surface area contributed by atoms with Gasteiger partial charge in [0.05, 0.1) is 16.6 Å². The lowest BCUT2D eigenvalue weighted by Gasteiger charge is -2.30. The zero-order chi connectivity index (χ0) is 34.0. The van der Waals surface area contributed by atoms with Crippen LogP contribution in [0.25, 0.3) is 86.5 Å². The summed E-state index contributed by atoms with van der Waals surface area (Å²) in [5.74, 6) is 0. The number of benzene rings is 7. The summed E-state index contributed by atoms with van der Waals surface area (Å²) in [4.78, 5) is 11.4. The highest BCUT2D eigenvalue weighted by Gasteiger charge is 2.54. The van der Waals surface area contributed by atoms with Crippen LogP contribution in [0, 0.1) is 0 Å². The molecule has 0 bridgehead atoms. The average Bonchev–Trinajstić information content (AvgIpc) is 3.83. The average molecular weight is 677 g/mol. The van der Waals surface area contributed by atoms with Crippen LogP contribution in [0.3, 0.4) is 0 Å². The van der Waals surface area contributed by atoms with E-state index in [1.54, 1.807) is 0 Å². The van der Waals surface area contributed by atoms with Gasteiger partial charge in [-0.15, -0.1) is 11.3 Å². The van der Waals surface area contributed by atoms with Crippen LogP contribution in [0.2, 0.25) is 0 Å². The summed E-state index contributed by atoms with van der Waals surface area (Å²) in [5.41, 5.74) is 14.4. The van der Waals surface area contributed by atoms with Crippen LogP contribution in [-0.4, -0.2) is 9.97 Å². The van der Waals surface area contributed by atoms with Gasteiger partial charge in [-0.2, -0.15) is 0 Å². The van der Waals surface area contributed by atoms with Crippen molar-refractivity contribution in [1.29, 1.82) is 0 Å². The molecular formula is C49H28N2S. The normalized spacial score (nSPS) is 15.4. The first-order chi connectivity index (χ1) is 25.8. The smallest absolute Gasteiger partial charge is 0.0780 e. The minimum Gasteiger partial charge on any atom is -0.256 e. The summed E-state index contributed by atoms with van der Waals surface area (Å²) in [6, 6.07) is 58.2. The Hall–Kier alpha value is -6.42. The molecular weight excluding hydrogens is 649 g/mol. The number of para-hydroxylation sites is 1. The SMILES string of the molecule is c1ccc2c(c1)-c1sc3ccccc3c1C21c2cc(-c3c4ccccc4c(-c4cccc5cccnc45)c4ccccc34)ccc2-c2ncccc21. The predicted molar refractivity (Wildman–Crippen MR) is 217 cm³/mol. The molecule has 3 heterocycles. The van der Waals surface area contributed by atoms with Gasteiger partial charge in [-0.3, -0.25) is 9.97 Å². The molecule has 1 spiro atoms. The number of aromatic nitrogens is 2. The Balaban J connectivity index is 1.21. The molecule has 12 rings (SSSR count). The molecule has 0 saturated heterocycles. The Morgan fingerprint density at radius 3 is 1.90 bits per heavy atom. The largest absolute Gasteiger partial charge is 0.256 e. The van der Waals surface area contributed by atoms with Gasteiger partial charge in [0, 0.05) is 38.5 Å². The second-order valence-electron chi connectivity index (χ2n) is 14.0. The van der Waals surface area contributed by atoms with Gasteiger partial charge in [0.2, 0.25) is 0 Å². The van der Waals surface area contributed by atoms with Gasteiger partial charge in [0.1, 0.15) is 0 Å². The zero-order valence-corrected chi connectivity index (χ0v) is 28.8. The van der Waals surface area contributed by atoms with E-state index in [4.69, 9.17) is 9.97 Å². The highest BCUT2D eigenvalue weighted by molar-refractivity contribution is 7.22. The van der Waals surface area contributed by atoms with E-state index in [0.29, 0.717) is 0 Å². The maximum absolute atomic E-state index is 5.10. The van der Waals surface area contributed by atoms with E-state index in [-0.39, 0.29) is 0 Å². The summed E-state index contributed by atoms with van der Waals surface area (Å²) in [5, 5.41) is 7.40. The van der Waals surface area contributed by atoms with Gasteiger partial charge in [-0.05, 0) is 95.7 Å². The molecule has 2 nitrogen and oxygen atoms in total. The van der Waals surface area contributed by atoms with Crippen LogP contribution in [-0.2, 0) is 5.41 Å². The number of pyridine rings is 2. The lowest BCUT2D eigenvalue weighted by Crippen LogP contribution is -2.26. The topological polar surface area (TPSA) is 25.8 Å². The second kappa shape index (κ2) is 10.3. The first kappa shape index (κ1) is 28.3. The van der Waals surface area contributed by atoms with Gasteiger partial charge in [0.25, 0.3) is 0 Å². The summed E-state index contributed by atoms with van der Waals surface area (Å²) >= 11 is 1.92. The van der Waals surface area contributed by atoms with E-state index in [2.05, 4.69) is 152 Å². The first-order valence-corrected chi connectivity index (χ1v) is 18.6. The molecule has 0 fully saturated rings. The molecule has 1 unspecified atom stereocenters. The molecule has 10 aromatic rings. The third-order valence-corrected chi connectivity index (χ3v) is 12.8. The number of thiophene rings is 1. The fraction of sp³-hybridized carbons (Fsp3) is 0.0204. The molecule has 0 aliphatic heterocycles. The first-order valence-electron chi connectivity index (χ1n) is 17.8. The molecule has 7 aromatic carbocycles. The van der Waals surface area contributed by atoms with Crippen molar-refractivity contribution in [2.45, 2.75) is 5.41 Å². The lowest BCUT2D eigenvalue weighted by atomic mass is 9.70. The predicted octanol–water partition coefficient (Wildman–Crippen LogP) is 12.8. The van der Waals surface area contributed by atoms with Crippen LogP contribution in [0.1, 0.15) is 22.3 Å². The van der Waals surface area contributed by atoms with Gasteiger partial charge < -0.3 is 0 Å². The van der Waals surface area contributed by atoms with Crippen LogP contribution < -0.4 is 0 Å². The molecule has 3 heteroatoms. The minimum absolute atomic E-state index is 0.472. The fourth-order valence-electron chi connectivity index (χ4n) is 9.63. The third kappa shape index (κ3) is 3.48. The summed E-state index contributed by atoms with van der Waals surface area (Å²) < 4.78 is 1.33. The van der Waals surface area contributed by atoms with E-state index in [0.717, 1.165) is 22.2 Å². The molecule has 1 atom stereocenters. The summed E-state index contributed by atoms with van der Waals surface area (Å²) in [7, 11) is 0. The van der Waals surface area contributed by atoms with Gasteiger partial charge in [-0.25, -0.2) is 0 Å². The monoisotopic (exact) mass is 676 g/mol. The zero-order valence-electron chi connectivity index (χ0n) is 28.0. The van der Waals surface area contributed by atoms with Gasteiger partial charge >= 0.3 is 0 Å². The molecule has 2 aliphatic rings. The number of fused-ring (bicyclic) bond motifs is 15. The standard InChI is InChI=1S/C49H28N2S/c1-3-16-33-31(14-1)43(32-15-2-4-17-34(32)44(33)38-20-9-12-29-13-10-26-50-46(29)38)30-24-25-35-41(28-30)49(40-22-11-27-51-47(35)40)39-21-7-5-18-36(39)48-45(49)37-19-6-8-23-42(37)52-48/h1-28H. The van der Waals surface area contributed by atoms with Gasteiger partial charge in [-0.1, -0.05) is 133 Å². The summed E-state index contributed by atoms with van der Waals surface area (Å²) in [6.45, 7) is 0. The quantitative estimate of drug-likeness (QED) is 0.170. The van der Waals surface area contributed by atoms with E-state index >= 15 is 0 Å². The lowest BCUT2D eigenvalue weighted by molar-refractivity contribution is 0.800. The van der Waals surface area contributed by atoms with Crippen molar-refractivity contribution in [3.05, 3.63) is 192 Å². The van der Waals surface area contributed by atoms with Crippen LogP contribution in [0.5, 0.6) is 0 Å². The number of hydrogen-bond acceptors (Lipinski definition) is 3. The third-order valence-electron chi connectivity index (χ3n) is 11.6. The molecule has 0 saturated carbocycles. The Morgan fingerprint density at radius 1 is 0.442 bits per heavy atom. The Kier molecular flexibility index (Phi) is 5.62. The van der Waals surface area contributed by atoms with Crippen molar-refractivity contribution in [1.82, 2.24) is 9.97 Å². The van der Waals surface area contributed by atoms with Crippen LogP contribution >= 0.6 is 11.3 Å². The highest BCUT2D eigenvalue weighted by Crippen LogP contribution is 2.66. The van der Waals surface area contributed by atoms with Crippen LogP contribution in [0.4, 0.5) is 0 Å². The van der Waals surface area contributed by atoms with E-state index in [9.17, 15) is 0 Å². The van der Waals surface area contributed by atoms with E-state index in [1.165, 1.54) is 86.6 Å². The number of nitrogens with zero attached hydrogens (tertiary/aromatic N) is 2. The minimum atomic E-state index is -0.472. The maximum atomic E-state index is 5.10. The van der Waals surface area contributed by atoms with Crippen molar-refractivity contribution in [2.75, 3.05) is 0 Å². The van der Waals surface area contributed by atoms with E-state index < -0.39 is 5.41 Å². The molecule has 0 N–H and O–H groups in total. The fourth-order valence-corrected chi connectivity index (χ4v) is 10.9. The Morgan fingerprint density at radius 2 is 1.08 bits per heavy atom. The number of hydrogen-bond donors (Lipinski definition) is 0. The van der Waals surface area contributed by atoms with Crippen molar-refractivity contribution in [2.24, 2.45) is 0 Å². The van der Waals surface area contributed by atoms with Crippen molar-refractivity contribution in [3.8, 4) is 44.0 Å². The highest BCUT2D eigenvalue weighted by atomic mass is 32.1. The Bertz CT molecular complexity index is 3090. The van der Waals surface area contributed by atoms with E-state index in [1.807, 2.05) is 29.8 Å². The molecule has 52 heavy (non-hydrogen) atoms.